The van der Waals surface area contributed by atoms with E-state index in [4.69, 9.17) is 10.5 Å². The molecule has 1 atom stereocenters. The third kappa shape index (κ3) is 1.96. The molecule has 0 unspecified atom stereocenters. The van der Waals surface area contributed by atoms with Crippen LogP contribution in [0, 0.1) is 13.8 Å². The molecule has 0 saturated heterocycles. The highest BCUT2D eigenvalue weighted by Gasteiger charge is 2.16. The number of aromatic nitrogens is 2. The van der Waals surface area contributed by atoms with Crippen molar-refractivity contribution in [2.75, 3.05) is 13.7 Å². The zero-order chi connectivity index (χ0) is 10.7. The Hall–Kier alpha value is -0.870. The van der Waals surface area contributed by atoms with Crippen LogP contribution in [0.5, 0.6) is 0 Å². The van der Waals surface area contributed by atoms with Crippen molar-refractivity contribution < 1.29 is 4.74 Å². The van der Waals surface area contributed by atoms with Crippen molar-refractivity contribution in [1.29, 1.82) is 0 Å². The molecule has 0 fully saturated rings. The largest absolute Gasteiger partial charge is 0.377 e. The molecular formula is C10H19N3O. The standard InChI is InChI=1S/C10H19N3O/c1-7-10(9(3)14-4)8(2)13(12-7)6-5-11/h9H,5-6,11H2,1-4H3/t9-/m0/s1. The smallest absolute Gasteiger partial charge is 0.0828 e. The highest BCUT2D eigenvalue weighted by Crippen LogP contribution is 2.23. The third-order valence-electron chi connectivity index (χ3n) is 2.54. The van der Waals surface area contributed by atoms with Gasteiger partial charge in [0.25, 0.3) is 0 Å². The lowest BCUT2D eigenvalue weighted by molar-refractivity contribution is 0.118. The molecule has 2 N–H and O–H groups in total. The molecule has 0 spiro atoms. The average molecular weight is 197 g/mol. The van der Waals surface area contributed by atoms with Crippen molar-refractivity contribution >= 4 is 0 Å². The van der Waals surface area contributed by atoms with Crippen molar-refractivity contribution in [2.45, 2.75) is 33.4 Å². The number of rotatable bonds is 4. The highest BCUT2D eigenvalue weighted by atomic mass is 16.5. The first-order chi connectivity index (χ1) is 6.61. The normalized spacial score (nSPS) is 13.2. The van der Waals surface area contributed by atoms with Crippen LogP contribution in [-0.4, -0.2) is 23.4 Å². The molecule has 0 bridgehead atoms. The van der Waals surface area contributed by atoms with E-state index >= 15 is 0 Å². The molecule has 4 nitrogen and oxygen atoms in total. The van der Waals surface area contributed by atoms with Crippen molar-refractivity contribution in [3.63, 3.8) is 0 Å². The van der Waals surface area contributed by atoms with E-state index in [0.717, 1.165) is 17.9 Å². The molecular weight excluding hydrogens is 178 g/mol. The van der Waals surface area contributed by atoms with E-state index < -0.39 is 0 Å². The van der Waals surface area contributed by atoms with Gasteiger partial charge in [-0.1, -0.05) is 0 Å². The predicted octanol–water partition coefficient (Wildman–Crippen LogP) is 1.17. The molecule has 0 aliphatic heterocycles. The van der Waals surface area contributed by atoms with E-state index in [0.29, 0.717) is 6.54 Å². The van der Waals surface area contributed by atoms with Crippen LogP contribution in [0.15, 0.2) is 0 Å². The summed E-state index contributed by atoms with van der Waals surface area (Å²) in [4.78, 5) is 0. The maximum absolute atomic E-state index is 5.51. The molecule has 0 aliphatic carbocycles. The van der Waals surface area contributed by atoms with Gasteiger partial charge in [0.15, 0.2) is 0 Å². The summed E-state index contributed by atoms with van der Waals surface area (Å²) in [6.07, 6.45) is 0.0986. The number of aryl methyl sites for hydroxylation is 1. The number of methoxy groups -OCH3 is 1. The van der Waals surface area contributed by atoms with Crippen molar-refractivity contribution in [3.05, 3.63) is 17.0 Å². The highest BCUT2D eigenvalue weighted by molar-refractivity contribution is 5.26. The van der Waals surface area contributed by atoms with Crippen LogP contribution in [-0.2, 0) is 11.3 Å². The molecule has 1 aromatic rings. The molecule has 1 rings (SSSR count). The Labute approximate surface area is 85.0 Å². The van der Waals surface area contributed by atoms with Crippen molar-refractivity contribution in [2.24, 2.45) is 5.73 Å². The van der Waals surface area contributed by atoms with Crippen LogP contribution in [0.25, 0.3) is 0 Å². The van der Waals surface area contributed by atoms with Gasteiger partial charge in [0.05, 0.1) is 18.3 Å². The van der Waals surface area contributed by atoms with Crippen LogP contribution in [0.4, 0.5) is 0 Å². The Morgan fingerprint density at radius 1 is 1.50 bits per heavy atom. The van der Waals surface area contributed by atoms with Crippen molar-refractivity contribution in [1.82, 2.24) is 9.78 Å². The summed E-state index contributed by atoms with van der Waals surface area (Å²) in [6.45, 7) is 7.47. The molecule has 4 heteroatoms. The Balaban J connectivity index is 3.04. The quantitative estimate of drug-likeness (QED) is 0.788. The minimum atomic E-state index is 0.0986. The lowest BCUT2D eigenvalue weighted by atomic mass is 10.1. The summed E-state index contributed by atoms with van der Waals surface area (Å²) in [5, 5.41) is 4.43. The van der Waals surface area contributed by atoms with Gasteiger partial charge >= 0.3 is 0 Å². The Morgan fingerprint density at radius 3 is 2.64 bits per heavy atom. The van der Waals surface area contributed by atoms with Gasteiger partial charge < -0.3 is 10.5 Å². The maximum Gasteiger partial charge on any atom is 0.0828 e. The van der Waals surface area contributed by atoms with Gasteiger partial charge in [-0.25, -0.2) is 0 Å². The third-order valence-corrected chi connectivity index (χ3v) is 2.54. The van der Waals surface area contributed by atoms with E-state index in [1.54, 1.807) is 7.11 Å². The predicted molar refractivity (Wildman–Crippen MR) is 56.2 cm³/mol. The average Bonchev–Trinajstić information content (AvgIpc) is 2.42. The fourth-order valence-corrected chi connectivity index (χ4v) is 1.76. The van der Waals surface area contributed by atoms with E-state index in [1.165, 1.54) is 5.56 Å². The first-order valence-electron chi connectivity index (χ1n) is 4.88. The number of hydrogen-bond acceptors (Lipinski definition) is 3. The second kappa shape index (κ2) is 4.57. The molecule has 0 aromatic carbocycles. The molecule has 0 aliphatic rings. The Kier molecular flexibility index (Phi) is 3.66. The zero-order valence-electron chi connectivity index (χ0n) is 9.37. The first-order valence-corrected chi connectivity index (χ1v) is 4.88. The van der Waals surface area contributed by atoms with E-state index in [-0.39, 0.29) is 6.10 Å². The van der Waals surface area contributed by atoms with E-state index in [1.807, 2.05) is 18.5 Å². The Bertz CT molecular complexity index is 307. The summed E-state index contributed by atoms with van der Waals surface area (Å²) in [5.74, 6) is 0. The van der Waals surface area contributed by atoms with Crippen LogP contribution < -0.4 is 5.73 Å². The first kappa shape index (κ1) is 11.2. The molecule has 1 heterocycles. The maximum atomic E-state index is 5.51. The van der Waals surface area contributed by atoms with Gasteiger partial charge in [-0.3, -0.25) is 4.68 Å². The molecule has 14 heavy (non-hydrogen) atoms. The molecule has 0 radical (unpaired) electrons. The monoisotopic (exact) mass is 197 g/mol. The molecule has 1 aromatic heterocycles. The second-order valence-corrected chi connectivity index (χ2v) is 3.47. The van der Waals surface area contributed by atoms with Gasteiger partial charge in [-0.15, -0.1) is 0 Å². The van der Waals surface area contributed by atoms with Gasteiger partial charge in [-0.2, -0.15) is 5.10 Å². The molecule has 80 valence electrons. The number of ether oxygens (including phenoxy) is 1. The minimum absolute atomic E-state index is 0.0986. The second-order valence-electron chi connectivity index (χ2n) is 3.47. The topological polar surface area (TPSA) is 53.1 Å². The lowest BCUT2D eigenvalue weighted by Crippen LogP contribution is -2.12. The summed E-state index contributed by atoms with van der Waals surface area (Å²) in [6, 6.07) is 0. The fourth-order valence-electron chi connectivity index (χ4n) is 1.76. The lowest BCUT2D eigenvalue weighted by Gasteiger charge is -2.10. The summed E-state index contributed by atoms with van der Waals surface area (Å²) < 4.78 is 7.25. The zero-order valence-corrected chi connectivity index (χ0v) is 9.37. The van der Waals surface area contributed by atoms with E-state index in [9.17, 15) is 0 Å². The summed E-state index contributed by atoms with van der Waals surface area (Å²) in [5.41, 5.74) is 8.87. The number of nitrogens with two attached hydrogens (primary N) is 1. The van der Waals surface area contributed by atoms with Crippen LogP contribution in [0.1, 0.15) is 30.0 Å². The van der Waals surface area contributed by atoms with Gasteiger partial charge in [0, 0.05) is 24.9 Å². The SMILES string of the molecule is CO[C@@H](C)c1c(C)nn(CCN)c1C. The van der Waals surface area contributed by atoms with E-state index in [2.05, 4.69) is 12.0 Å². The fraction of sp³-hybridized carbons (Fsp3) is 0.700. The summed E-state index contributed by atoms with van der Waals surface area (Å²) >= 11 is 0. The summed E-state index contributed by atoms with van der Waals surface area (Å²) in [7, 11) is 1.71. The van der Waals surface area contributed by atoms with Gasteiger partial charge in [-0.05, 0) is 20.8 Å². The Morgan fingerprint density at radius 2 is 2.14 bits per heavy atom. The molecule has 0 amide bonds. The van der Waals surface area contributed by atoms with Gasteiger partial charge in [0.1, 0.15) is 0 Å². The molecule has 0 saturated carbocycles. The van der Waals surface area contributed by atoms with Crippen LogP contribution >= 0.6 is 0 Å². The number of hydrogen-bond donors (Lipinski definition) is 1. The number of nitrogens with zero attached hydrogens (tertiary/aromatic N) is 2. The minimum Gasteiger partial charge on any atom is -0.377 e. The van der Waals surface area contributed by atoms with Crippen LogP contribution in [0.2, 0.25) is 0 Å². The van der Waals surface area contributed by atoms with Crippen molar-refractivity contribution in [3.8, 4) is 0 Å². The van der Waals surface area contributed by atoms with Gasteiger partial charge in [0.2, 0.25) is 0 Å². The van der Waals surface area contributed by atoms with Crippen LogP contribution in [0.3, 0.4) is 0 Å².